The second-order valence-electron chi connectivity index (χ2n) is 6.83. The van der Waals surface area contributed by atoms with Crippen molar-refractivity contribution in [3.63, 3.8) is 0 Å². The molecule has 0 aliphatic heterocycles. The minimum Gasteiger partial charge on any atom is -0.458 e. The van der Waals surface area contributed by atoms with Gasteiger partial charge in [-0.2, -0.15) is 0 Å². The Labute approximate surface area is 119 Å². The Morgan fingerprint density at radius 3 is 2.90 bits per heavy atom. The lowest BCUT2D eigenvalue weighted by molar-refractivity contribution is 0.106. The van der Waals surface area contributed by atoms with Gasteiger partial charge < -0.3 is 9.52 Å². The first-order chi connectivity index (χ1) is 9.70. The van der Waals surface area contributed by atoms with Crippen LogP contribution in [0.4, 0.5) is 0 Å². The maximum Gasteiger partial charge on any atom is 0.137 e. The molecule has 2 aliphatic rings. The topological polar surface area (TPSA) is 33.4 Å². The van der Waals surface area contributed by atoms with E-state index in [0.29, 0.717) is 5.92 Å². The maximum absolute atomic E-state index is 10.5. The summed E-state index contributed by atoms with van der Waals surface area (Å²) in [4.78, 5) is 0. The van der Waals surface area contributed by atoms with E-state index in [-0.39, 0.29) is 0 Å². The van der Waals surface area contributed by atoms with Crippen molar-refractivity contribution < 1.29 is 9.52 Å². The van der Waals surface area contributed by atoms with Crippen molar-refractivity contribution >= 4 is 11.0 Å². The highest BCUT2D eigenvalue weighted by molar-refractivity contribution is 5.80. The Kier molecular flexibility index (Phi) is 2.88. The molecule has 2 heteroatoms. The van der Waals surface area contributed by atoms with Crippen LogP contribution in [-0.4, -0.2) is 5.11 Å². The number of furan rings is 1. The van der Waals surface area contributed by atoms with Crippen LogP contribution in [0.5, 0.6) is 0 Å². The molecular formula is C18H22O2. The number of rotatable bonds is 3. The molecular weight excluding hydrogens is 248 g/mol. The summed E-state index contributed by atoms with van der Waals surface area (Å²) < 4.78 is 5.90. The molecule has 1 N–H and O–H groups in total. The number of benzene rings is 1. The number of hydrogen-bond acceptors (Lipinski definition) is 2. The zero-order valence-corrected chi connectivity index (χ0v) is 12.0. The number of para-hydroxylation sites is 1. The van der Waals surface area contributed by atoms with Gasteiger partial charge >= 0.3 is 0 Å². The van der Waals surface area contributed by atoms with Gasteiger partial charge in [-0.25, -0.2) is 0 Å². The van der Waals surface area contributed by atoms with Gasteiger partial charge in [0, 0.05) is 5.39 Å². The van der Waals surface area contributed by atoms with Crippen molar-refractivity contribution in [3.05, 3.63) is 35.6 Å². The van der Waals surface area contributed by atoms with Crippen LogP contribution < -0.4 is 0 Å². The second-order valence-corrected chi connectivity index (χ2v) is 6.83. The molecule has 106 valence electrons. The van der Waals surface area contributed by atoms with E-state index in [1.54, 1.807) is 0 Å². The quantitative estimate of drug-likeness (QED) is 0.884. The number of hydrogen-bond donors (Lipinski definition) is 1. The van der Waals surface area contributed by atoms with Crippen LogP contribution >= 0.6 is 0 Å². The van der Waals surface area contributed by atoms with E-state index < -0.39 is 6.10 Å². The summed E-state index contributed by atoms with van der Waals surface area (Å²) in [6, 6.07) is 8.16. The first-order valence-electron chi connectivity index (χ1n) is 7.88. The van der Waals surface area contributed by atoms with E-state index >= 15 is 0 Å². The molecule has 2 nitrogen and oxygen atoms in total. The van der Waals surface area contributed by atoms with Crippen LogP contribution in [0.15, 0.2) is 28.7 Å². The third kappa shape index (κ3) is 1.98. The number of aryl methyl sites for hydroxylation is 1. The van der Waals surface area contributed by atoms with Crippen LogP contribution in [0.2, 0.25) is 0 Å². The molecule has 2 aromatic rings. The van der Waals surface area contributed by atoms with E-state index in [2.05, 4.69) is 19.1 Å². The van der Waals surface area contributed by atoms with Gasteiger partial charge in [0.2, 0.25) is 0 Å². The summed E-state index contributed by atoms with van der Waals surface area (Å²) in [7, 11) is 0. The van der Waals surface area contributed by atoms with Gasteiger partial charge in [0.05, 0.1) is 0 Å². The highest BCUT2D eigenvalue weighted by Crippen LogP contribution is 2.51. The lowest BCUT2D eigenvalue weighted by Gasteiger charge is -2.23. The van der Waals surface area contributed by atoms with Gasteiger partial charge in [-0.1, -0.05) is 24.6 Å². The molecule has 2 aliphatic carbocycles. The molecule has 2 fully saturated rings. The van der Waals surface area contributed by atoms with Crippen molar-refractivity contribution in [3.8, 4) is 0 Å². The van der Waals surface area contributed by atoms with Gasteiger partial charge in [0.15, 0.2) is 0 Å². The SMILES string of the molecule is Cc1cccc2cc(C(O)CC3CC4CCC3C4)oc12. The average molecular weight is 270 g/mol. The van der Waals surface area contributed by atoms with E-state index in [1.807, 2.05) is 12.1 Å². The molecule has 0 spiro atoms. The molecule has 4 rings (SSSR count). The van der Waals surface area contributed by atoms with Crippen molar-refractivity contribution in [1.29, 1.82) is 0 Å². The van der Waals surface area contributed by atoms with Crippen molar-refractivity contribution in [2.24, 2.45) is 17.8 Å². The van der Waals surface area contributed by atoms with E-state index in [4.69, 9.17) is 4.42 Å². The first kappa shape index (κ1) is 12.5. The summed E-state index contributed by atoms with van der Waals surface area (Å²) in [5.74, 6) is 3.26. The fourth-order valence-electron chi connectivity index (χ4n) is 4.46. The van der Waals surface area contributed by atoms with Gasteiger partial charge in [-0.15, -0.1) is 0 Å². The van der Waals surface area contributed by atoms with Crippen LogP contribution in [0.25, 0.3) is 11.0 Å². The summed E-state index contributed by atoms with van der Waals surface area (Å²) >= 11 is 0. The van der Waals surface area contributed by atoms with Gasteiger partial charge in [0.25, 0.3) is 0 Å². The Morgan fingerprint density at radius 1 is 1.30 bits per heavy atom. The highest BCUT2D eigenvalue weighted by Gasteiger charge is 2.40. The normalized spacial score (nSPS) is 30.2. The van der Waals surface area contributed by atoms with Crippen molar-refractivity contribution in [1.82, 2.24) is 0 Å². The van der Waals surface area contributed by atoms with E-state index in [1.165, 1.54) is 25.7 Å². The van der Waals surface area contributed by atoms with Gasteiger partial charge in [0.1, 0.15) is 17.4 Å². The average Bonchev–Trinajstić information content (AvgIpc) is 3.12. The van der Waals surface area contributed by atoms with Crippen molar-refractivity contribution in [2.75, 3.05) is 0 Å². The van der Waals surface area contributed by atoms with Crippen molar-refractivity contribution in [2.45, 2.75) is 45.1 Å². The molecule has 2 bridgehead atoms. The fourth-order valence-corrected chi connectivity index (χ4v) is 4.46. The molecule has 0 amide bonds. The van der Waals surface area contributed by atoms with Gasteiger partial charge in [-0.05, 0) is 62.0 Å². The largest absolute Gasteiger partial charge is 0.458 e. The number of fused-ring (bicyclic) bond motifs is 3. The molecule has 2 saturated carbocycles. The van der Waals surface area contributed by atoms with Gasteiger partial charge in [-0.3, -0.25) is 0 Å². The smallest absolute Gasteiger partial charge is 0.137 e. The van der Waals surface area contributed by atoms with Crippen LogP contribution in [0, 0.1) is 24.7 Å². The molecule has 4 unspecified atom stereocenters. The lowest BCUT2D eigenvalue weighted by Crippen LogP contribution is -2.14. The predicted octanol–water partition coefficient (Wildman–Crippen LogP) is 4.60. The molecule has 1 aromatic heterocycles. The second kappa shape index (κ2) is 4.63. The zero-order chi connectivity index (χ0) is 13.7. The lowest BCUT2D eigenvalue weighted by atomic mass is 9.84. The molecule has 20 heavy (non-hydrogen) atoms. The maximum atomic E-state index is 10.5. The fraction of sp³-hybridized carbons (Fsp3) is 0.556. The monoisotopic (exact) mass is 270 g/mol. The standard InChI is InChI=1S/C18H22O2/c1-11-3-2-4-14-10-17(20-18(11)14)16(19)9-15-8-12-5-6-13(15)7-12/h2-4,10,12-13,15-16,19H,5-9H2,1H3. The minimum absolute atomic E-state index is 0.439. The Hall–Kier alpha value is -1.28. The van der Waals surface area contributed by atoms with Crippen LogP contribution in [0.3, 0.4) is 0 Å². The third-order valence-electron chi connectivity index (χ3n) is 5.50. The Bertz CT molecular complexity index is 627. The summed E-state index contributed by atoms with van der Waals surface area (Å²) in [5.41, 5.74) is 2.07. The number of aliphatic hydroxyl groups is 1. The molecule has 1 aromatic carbocycles. The Morgan fingerprint density at radius 2 is 2.20 bits per heavy atom. The Balaban J connectivity index is 1.55. The summed E-state index contributed by atoms with van der Waals surface area (Å²) in [6.45, 7) is 2.05. The van der Waals surface area contributed by atoms with Crippen LogP contribution in [0.1, 0.15) is 49.5 Å². The van der Waals surface area contributed by atoms with E-state index in [9.17, 15) is 5.11 Å². The highest BCUT2D eigenvalue weighted by atomic mass is 16.4. The molecule has 4 atom stereocenters. The minimum atomic E-state index is -0.439. The van der Waals surface area contributed by atoms with Crippen LogP contribution in [-0.2, 0) is 0 Å². The summed E-state index contributed by atoms with van der Waals surface area (Å²) in [5, 5.41) is 11.6. The molecule has 0 saturated heterocycles. The first-order valence-corrected chi connectivity index (χ1v) is 7.88. The molecule has 1 heterocycles. The molecule has 0 radical (unpaired) electrons. The third-order valence-corrected chi connectivity index (χ3v) is 5.50. The predicted molar refractivity (Wildman–Crippen MR) is 79.5 cm³/mol. The summed E-state index contributed by atoms with van der Waals surface area (Å²) in [6.07, 6.45) is 5.95. The van der Waals surface area contributed by atoms with E-state index in [0.717, 1.165) is 40.5 Å². The number of aliphatic hydroxyl groups excluding tert-OH is 1. The zero-order valence-electron chi connectivity index (χ0n) is 12.0.